The van der Waals surface area contributed by atoms with Crippen molar-refractivity contribution in [3.63, 3.8) is 0 Å². The highest BCUT2D eigenvalue weighted by atomic mass is 16.5. The normalized spacial score (nSPS) is 14.7. The van der Waals surface area contributed by atoms with E-state index < -0.39 is 0 Å². The molecule has 0 aromatic heterocycles. The standard InChI is InChI=1S/C7H11NO2/c9-7(8-10)3-1-2-6-4-5-6/h2,10H,1,3-5H2,(H,8,9). The van der Waals surface area contributed by atoms with Crippen LogP contribution in [-0.2, 0) is 4.79 Å². The van der Waals surface area contributed by atoms with Crippen LogP contribution in [0.5, 0.6) is 0 Å². The summed E-state index contributed by atoms with van der Waals surface area (Å²) in [4.78, 5) is 10.4. The quantitative estimate of drug-likeness (QED) is 0.350. The van der Waals surface area contributed by atoms with Gasteiger partial charge in [0.05, 0.1) is 0 Å². The smallest absolute Gasteiger partial charge is 0.243 e. The molecule has 1 aliphatic rings. The summed E-state index contributed by atoms with van der Waals surface area (Å²) in [5.74, 6) is -0.308. The van der Waals surface area contributed by atoms with E-state index in [4.69, 9.17) is 5.21 Å². The molecule has 0 heterocycles. The van der Waals surface area contributed by atoms with Crippen molar-refractivity contribution in [3.8, 4) is 0 Å². The van der Waals surface area contributed by atoms with Gasteiger partial charge in [0.2, 0.25) is 5.91 Å². The first-order valence-corrected chi connectivity index (χ1v) is 3.44. The van der Waals surface area contributed by atoms with Crippen molar-refractivity contribution in [2.75, 3.05) is 0 Å². The van der Waals surface area contributed by atoms with Crippen molar-refractivity contribution >= 4 is 5.91 Å². The lowest BCUT2D eigenvalue weighted by molar-refractivity contribution is -0.129. The molecule has 0 radical (unpaired) electrons. The Morgan fingerprint density at radius 1 is 1.70 bits per heavy atom. The van der Waals surface area contributed by atoms with E-state index in [1.54, 1.807) is 5.48 Å². The van der Waals surface area contributed by atoms with Crippen LogP contribution in [0.3, 0.4) is 0 Å². The van der Waals surface area contributed by atoms with Gasteiger partial charge in [0.1, 0.15) is 0 Å². The molecule has 0 unspecified atom stereocenters. The maximum absolute atomic E-state index is 10.4. The highest BCUT2D eigenvalue weighted by Gasteiger charge is 2.09. The van der Waals surface area contributed by atoms with Gasteiger partial charge in [0.15, 0.2) is 0 Å². The second-order valence-corrected chi connectivity index (χ2v) is 2.44. The number of nitrogens with one attached hydrogen (secondary N) is 1. The zero-order chi connectivity index (χ0) is 7.40. The minimum Gasteiger partial charge on any atom is -0.289 e. The minimum atomic E-state index is -0.308. The van der Waals surface area contributed by atoms with Crippen molar-refractivity contribution in [3.05, 3.63) is 11.6 Å². The molecule has 0 bridgehead atoms. The largest absolute Gasteiger partial charge is 0.289 e. The lowest BCUT2D eigenvalue weighted by Gasteiger charge is -1.91. The van der Waals surface area contributed by atoms with Gasteiger partial charge in [-0.05, 0) is 19.3 Å². The fraction of sp³-hybridized carbons (Fsp3) is 0.571. The number of hydrogen-bond acceptors (Lipinski definition) is 2. The molecule has 3 heteroatoms. The lowest BCUT2D eigenvalue weighted by Crippen LogP contribution is -2.17. The Bertz CT molecular complexity index is 157. The summed E-state index contributed by atoms with van der Waals surface area (Å²) < 4.78 is 0. The van der Waals surface area contributed by atoms with Gasteiger partial charge in [-0.1, -0.05) is 11.6 Å². The van der Waals surface area contributed by atoms with E-state index in [1.807, 2.05) is 0 Å². The first-order chi connectivity index (χ1) is 4.83. The van der Waals surface area contributed by atoms with Crippen LogP contribution < -0.4 is 5.48 Å². The third-order valence-corrected chi connectivity index (χ3v) is 1.47. The van der Waals surface area contributed by atoms with E-state index in [2.05, 4.69) is 6.08 Å². The SMILES string of the molecule is O=C(CCC=C1CC1)NO. The molecule has 1 fully saturated rings. The molecule has 0 atom stereocenters. The number of amides is 1. The highest BCUT2D eigenvalue weighted by Crippen LogP contribution is 2.27. The summed E-state index contributed by atoms with van der Waals surface area (Å²) in [6.07, 6.45) is 5.60. The third kappa shape index (κ3) is 2.64. The van der Waals surface area contributed by atoms with Gasteiger partial charge in [-0.25, -0.2) is 5.48 Å². The average Bonchev–Trinajstić information content (AvgIpc) is 2.71. The molecule has 1 saturated carbocycles. The van der Waals surface area contributed by atoms with Crippen LogP contribution in [0, 0.1) is 0 Å². The summed E-state index contributed by atoms with van der Waals surface area (Å²) in [6, 6.07) is 0. The summed E-state index contributed by atoms with van der Waals surface area (Å²) in [7, 11) is 0. The zero-order valence-electron chi connectivity index (χ0n) is 5.76. The topological polar surface area (TPSA) is 49.3 Å². The van der Waals surface area contributed by atoms with E-state index in [-0.39, 0.29) is 5.91 Å². The van der Waals surface area contributed by atoms with Crippen molar-refractivity contribution < 1.29 is 10.0 Å². The van der Waals surface area contributed by atoms with Gasteiger partial charge in [-0.3, -0.25) is 10.0 Å². The van der Waals surface area contributed by atoms with Gasteiger partial charge < -0.3 is 0 Å². The first-order valence-electron chi connectivity index (χ1n) is 3.44. The number of carbonyl (C=O) groups is 1. The summed E-state index contributed by atoms with van der Waals surface area (Å²) in [5.41, 5.74) is 3.03. The zero-order valence-corrected chi connectivity index (χ0v) is 5.76. The van der Waals surface area contributed by atoms with Crippen LogP contribution in [0.15, 0.2) is 11.6 Å². The highest BCUT2D eigenvalue weighted by molar-refractivity contribution is 5.74. The van der Waals surface area contributed by atoms with Gasteiger partial charge in [0.25, 0.3) is 0 Å². The molecule has 0 saturated heterocycles. The molecule has 2 N–H and O–H groups in total. The van der Waals surface area contributed by atoms with E-state index in [9.17, 15) is 4.79 Å². The summed E-state index contributed by atoms with van der Waals surface area (Å²) in [6.45, 7) is 0. The second kappa shape index (κ2) is 3.37. The molecule has 10 heavy (non-hydrogen) atoms. The fourth-order valence-electron chi connectivity index (χ4n) is 0.740. The molecule has 1 amide bonds. The van der Waals surface area contributed by atoms with Crippen LogP contribution in [-0.4, -0.2) is 11.1 Å². The predicted octanol–water partition coefficient (Wildman–Crippen LogP) is 0.992. The van der Waals surface area contributed by atoms with Gasteiger partial charge in [0, 0.05) is 6.42 Å². The molecular formula is C7H11NO2. The molecule has 0 aromatic carbocycles. The van der Waals surface area contributed by atoms with Crippen molar-refractivity contribution in [1.82, 2.24) is 5.48 Å². The second-order valence-electron chi connectivity index (χ2n) is 2.44. The van der Waals surface area contributed by atoms with Crippen LogP contribution in [0.25, 0.3) is 0 Å². The molecule has 0 aromatic rings. The molecular weight excluding hydrogens is 130 g/mol. The lowest BCUT2D eigenvalue weighted by atomic mass is 10.3. The predicted molar refractivity (Wildman–Crippen MR) is 36.5 cm³/mol. The molecule has 1 aliphatic carbocycles. The Kier molecular flexibility index (Phi) is 2.45. The molecule has 0 spiro atoms. The molecule has 1 rings (SSSR count). The molecule has 56 valence electrons. The van der Waals surface area contributed by atoms with Crippen molar-refractivity contribution in [2.24, 2.45) is 0 Å². The Balaban J connectivity index is 2.04. The van der Waals surface area contributed by atoms with Gasteiger partial charge >= 0.3 is 0 Å². The number of hydrogen-bond donors (Lipinski definition) is 2. The van der Waals surface area contributed by atoms with E-state index in [0.717, 1.165) is 6.42 Å². The number of carbonyl (C=O) groups excluding carboxylic acids is 1. The van der Waals surface area contributed by atoms with Crippen LogP contribution in [0.2, 0.25) is 0 Å². The van der Waals surface area contributed by atoms with Gasteiger partial charge in [-0.2, -0.15) is 0 Å². The monoisotopic (exact) mass is 141 g/mol. The average molecular weight is 141 g/mol. The number of hydroxylamine groups is 1. The number of allylic oxidation sites excluding steroid dienone is 2. The first kappa shape index (κ1) is 7.28. The van der Waals surface area contributed by atoms with E-state index >= 15 is 0 Å². The van der Waals surface area contributed by atoms with Crippen LogP contribution >= 0.6 is 0 Å². The Labute approximate surface area is 59.7 Å². The maximum Gasteiger partial charge on any atom is 0.243 e. The summed E-state index contributed by atoms with van der Waals surface area (Å²) in [5, 5.41) is 8.10. The van der Waals surface area contributed by atoms with Crippen molar-refractivity contribution in [2.45, 2.75) is 25.7 Å². The van der Waals surface area contributed by atoms with E-state index in [0.29, 0.717) is 6.42 Å². The van der Waals surface area contributed by atoms with Crippen molar-refractivity contribution in [1.29, 1.82) is 0 Å². The molecule has 3 nitrogen and oxygen atoms in total. The van der Waals surface area contributed by atoms with Gasteiger partial charge in [-0.15, -0.1) is 0 Å². The number of rotatable bonds is 3. The Morgan fingerprint density at radius 2 is 2.40 bits per heavy atom. The maximum atomic E-state index is 10.4. The van der Waals surface area contributed by atoms with Crippen LogP contribution in [0.1, 0.15) is 25.7 Å². The Morgan fingerprint density at radius 3 is 2.90 bits per heavy atom. The molecule has 0 aliphatic heterocycles. The Hall–Kier alpha value is -0.830. The summed E-state index contributed by atoms with van der Waals surface area (Å²) >= 11 is 0. The van der Waals surface area contributed by atoms with Crippen LogP contribution in [0.4, 0.5) is 0 Å². The third-order valence-electron chi connectivity index (χ3n) is 1.47. The minimum absolute atomic E-state index is 0.308. The fourth-order valence-corrected chi connectivity index (χ4v) is 0.740. The van der Waals surface area contributed by atoms with E-state index in [1.165, 1.54) is 18.4 Å².